The summed E-state index contributed by atoms with van der Waals surface area (Å²) in [6.45, 7) is 0. The van der Waals surface area contributed by atoms with Crippen LogP contribution in [0.15, 0.2) is 54.6 Å². The van der Waals surface area contributed by atoms with Crippen LogP contribution in [0, 0.1) is 0 Å². The average molecular weight is 494 g/mol. The maximum Gasteiger partial charge on any atom is 0.283 e. The predicted octanol–water partition coefficient (Wildman–Crippen LogP) is 5.89. The number of phenolic OH excluding ortho intramolecular Hbond substituents is 2. The Kier molecular flexibility index (Phi) is 5.98. The summed E-state index contributed by atoms with van der Waals surface area (Å²) in [5, 5.41) is 19.5. The van der Waals surface area contributed by atoms with E-state index < -0.39 is 14.9 Å². The van der Waals surface area contributed by atoms with Crippen LogP contribution in [0.2, 0.25) is 20.1 Å². The van der Waals surface area contributed by atoms with Crippen LogP contribution < -0.4 is 0 Å². The molecule has 0 unspecified atom stereocenters. The lowest BCUT2D eigenvalue weighted by Crippen LogP contribution is -2.38. The van der Waals surface area contributed by atoms with Crippen LogP contribution in [0.4, 0.5) is 0 Å². The zero-order chi connectivity index (χ0) is 21.6. The Morgan fingerprint density at radius 3 is 1.41 bits per heavy atom. The van der Waals surface area contributed by atoms with E-state index in [0.717, 1.165) is 0 Å². The van der Waals surface area contributed by atoms with Gasteiger partial charge in [-0.1, -0.05) is 58.5 Å². The first kappa shape index (κ1) is 22.0. The summed E-state index contributed by atoms with van der Waals surface area (Å²) in [7, 11) is -4.98. The molecule has 0 heterocycles. The standard InChI is InChI=1S/C19H12Cl4O5S/c20-13-5-12(6-14(21)9-13)19(29(26,27)28,10-1-3-17(24)15(22)7-10)11-2-4-18(25)16(23)8-11/h1-9,24-25H,(H,26,27,28). The zero-order valence-corrected chi connectivity index (χ0v) is 18.1. The van der Waals surface area contributed by atoms with Crippen molar-refractivity contribution in [2.75, 3.05) is 0 Å². The minimum atomic E-state index is -4.98. The maximum atomic E-state index is 12.9. The second-order valence-corrected chi connectivity index (χ2v) is 9.40. The molecule has 3 aromatic rings. The SMILES string of the molecule is O=S(=O)(O)C(c1cc(Cl)cc(Cl)c1)(c1ccc(O)c(Cl)c1)c1ccc(O)c(Cl)c1. The molecule has 29 heavy (non-hydrogen) atoms. The lowest BCUT2D eigenvalue weighted by molar-refractivity contribution is 0.456. The summed E-state index contributed by atoms with van der Waals surface area (Å²) in [6, 6.07) is 11.4. The van der Waals surface area contributed by atoms with Crippen molar-refractivity contribution < 1.29 is 23.2 Å². The van der Waals surface area contributed by atoms with Gasteiger partial charge in [0.05, 0.1) is 10.0 Å². The predicted molar refractivity (Wildman–Crippen MR) is 114 cm³/mol. The molecule has 3 rings (SSSR count). The Hall–Kier alpha value is -1.67. The van der Waals surface area contributed by atoms with Gasteiger partial charge in [-0.2, -0.15) is 8.42 Å². The van der Waals surface area contributed by atoms with Gasteiger partial charge in [-0.3, -0.25) is 4.55 Å². The molecule has 3 N–H and O–H groups in total. The molecule has 0 atom stereocenters. The van der Waals surface area contributed by atoms with Gasteiger partial charge in [0.15, 0.2) is 4.75 Å². The third-order valence-corrected chi connectivity index (χ3v) is 6.89. The number of halogens is 4. The molecular formula is C19H12Cl4O5S. The summed E-state index contributed by atoms with van der Waals surface area (Å²) in [5.74, 6) is -0.569. The highest BCUT2D eigenvalue weighted by atomic mass is 35.5. The van der Waals surface area contributed by atoms with Crippen LogP contribution in [-0.4, -0.2) is 23.2 Å². The Morgan fingerprint density at radius 1 is 0.655 bits per heavy atom. The minimum Gasteiger partial charge on any atom is -0.506 e. The van der Waals surface area contributed by atoms with Gasteiger partial charge in [-0.05, 0) is 59.2 Å². The van der Waals surface area contributed by atoms with Crippen molar-refractivity contribution in [3.8, 4) is 11.5 Å². The largest absolute Gasteiger partial charge is 0.506 e. The second kappa shape index (κ2) is 7.87. The summed E-state index contributed by atoms with van der Waals surface area (Å²) in [6.07, 6.45) is 0. The third-order valence-electron chi connectivity index (χ3n) is 4.36. The van der Waals surface area contributed by atoms with Crippen LogP contribution >= 0.6 is 46.4 Å². The highest BCUT2D eigenvalue weighted by molar-refractivity contribution is 7.87. The lowest BCUT2D eigenvalue weighted by Gasteiger charge is -2.33. The molecule has 0 spiro atoms. The molecule has 0 saturated carbocycles. The van der Waals surface area contributed by atoms with Gasteiger partial charge in [-0.15, -0.1) is 0 Å². The molecular weight excluding hydrogens is 482 g/mol. The molecule has 0 aromatic heterocycles. The van der Waals surface area contributed by atoms with E-state index in [2.05, 4.69) is 0 Å². The number of rotatable bonds is 4. The van der Waals surface area contributed by atoms with Gasteiger partial charge in [0.25, 0.3) is 10.1 Å². The normalized spacial score (nSPS) is 12.2. The first-order chi connectivity index (χ1) is 13.5. The van der Waals surface area contributed by atoms with Gasteiger partial charge in [0, 0.05) is 10.0 Å². The van der Waals surface area contributed by atoms with Gasteiger partial charge in [-0.25, -0.2) is 0 Å². The second-order valence-electron chi connectivity index (χ2n) is 6.15. The van der Waals surface area contributed by atoms with Crippen LogP contribution in [0.3, 0.4) is 0 Å². The third kappa shape index (κ3) is 3.89. The smallest absolute Gasteiger partial charge is 0.283 e. The average Bonchev–Trinajstić information content (AvgIpc) is 2.59. The molecule has 0 bridgehead atoms. The lowest BCUT2D eigenvalue weighted by atomic mass is 9.84. The molecule has 3 aromatic carbocycles. The first-order valence-electron chi connectivity index (χ1n) is 7.88. The Balaban J connectivity index is 2.55. The van der Waals surface area contributed by atoms with E-state index in [-0.39, 0.29) is 48.3 Å². The molecule has 152 valence electrons. The van der Waals surface area contributed by atoms with E-state index in [9.17, 15) is 23.2 Å². The number of hydrogen-bond acceptors (Lipinski definition) is 4. The monoisotopic (exact) mass is 492 g/mol. The highest BCUT2D eigenvalue weighted by Gasteiger charge is 2.49. The quantitative estimate of drug-likeness (QED) is 0.311. The van der Waals surface area contributed by atoms with E-state index in [1.165, 1.54) is 54.6 Å². The zero-order valence-electron chi connectivity index (χ0n) is 14.3. The van der Waals surface area contributed by atoms with Crippen LogP contribution in [0.25, 0.3) is 0 Å². The van der Waals surface area contributed by atoms with Crippen LogP contribution in [0.1, 0.15) is 16.7 Å². The van der Waals surface area contributed by atoms with Crippen LogP contribution in [-0.2, 0) is 14.9 Å². The number of aromatic hydroxyl groups is 2. The fraction of sp³-hybridized carbons (Fsp3) is 0.0526. The van der Waals surface area contributed by atoms with Crippen molar-refractivity contribution in [1.29, 1.82) is 0 Å². The number of hydrogen-bond donors (Lipinski definition) is 3. The summed E-state index contributed by atoms with van der Waals surface area (Å²) < 4.78 is 34.1. The van der Waals surface area contributed by atoms with Crippen molar-refractivity contribution in [1.82, 2.24) is 0 Å². The Bertz CT molecular complexity index is 1140. The van der Waals surface area contributed by atoms with E-state index >= 15 is 0 Å². The van der Waals surface area contributed by atoms with E-state index in [1.807, 2.05) is 0 Å². The summed E-state index contributed by atoms with van der Waals surface area (Å²) in [5.41, 5.74) is -0.0215. The van der Waals surface area contributed by atoms with Crippen molar-refractivity contribution >= 4 is 56.5 Å². The highest BCUT2D eigenvalue weighted by Crippen LogP contribution is 2.47. The molecule has 5 nitrogen and oxygen atoms in total. The van der Waals surface area contributed by atoms with E-state index in [0.29, 0.717) is 0 Å². The molecule has 0 saturated heterocycles. The van der Waals surface area contributed by atoms with E-state index in [4.69, 9.17) is 46.4 Å². The van der Waals surface area contributed by atoms with Crippen molar-refractivity contribution in [3.05, 3.63) is 91.4 Å². The van der Waals surface area contributed by atoms with E-state index in [1.54, 1.807) is 0 Å². The first-order valence-corrected chi connectivity index (χ1v) is 10.8. The number of benzene rings is 3. The molecule has 0 amide bonds. The molecule has 0 fully saturated rings. The van der Waals surface area contributed by atoms with Crippen molar-refractivity contribution in [2.24, 2.45) is 0 Å². The fourth-order valence-corrected chi connectivity index (χ4v) is 5.31. The molecule has 10 heteroatoms. The Labute approximate surface area is 186 Å². The van der Waals surface area contributed by atoms with Gasteiger partial charge >= 0.3 is 0 Å². The van der Waals surface area contributed by atoms with Gasteiger partial charge in [0.2, 0.25) is 0 Å². The van der Waals surface area contributed by atoms with Gasteiger partial charge in [0.1, 0.15) is 11.5 Å². The molecule has 0 radical (unpaired) electrons. The topological polar surface area (TPSA) is 94.8 Å². The molecule has 0 aliphatic heterocycles. The fourth-order valence-electron chi connectivity index (χ4n) is 3.16. The van der Waals surface area contributed by atoms with Crippen molar-refractivity contribution in [3.63, 3.8) is 0 Å². The summed E-state index contributed by atoms with van der Waals surface area (Å²) in [4.78, 5) is 0. The number of phenols is 2. The van der Waals surface area contributed by atoms with Crippen molar-refractivity contribution in [2.45, 2.75) is 4.75 Å². The summed E-state index contributed by atoms with van der Waals surface area (Å²) >= 11 is 24.2. The van der Waals surface area contributed by atoms with Crippen LogP contribution in [0.5, 0.6) is 11.5 Å². The molecule has 0 aliphatic carbocycles. The maximum absolute atomic E-state index is 12.9. The molecule has 0 aliphatic rings. The minimum absolute atomic E-state index is 0.000938. The van der Waals surface area contributed by atoms with Gasteiger partial charge < -0.3 is 10.2 Å². The Morgan fingerprint density at radius 2 is 1.07 bits per heavy atom.